The van der Waals surface area contributed by atoms with E-state index in [-0.39, 0.29) is 0 Å². The molecule has 4 heterocycles. The van der Waals surface area contributed by atoms with Gasteiger partial charge in [-0.05, 0) is 18.9 Å². The Morgan fingerprint density at radius 3 is 2.83 bits per heavy atom. The van der Waals surface area contributed by atoms with E-state index in [1.54, 1.807) is 23.7 Å². The van der Waals surface area contributed by atoms with E-state index in [4.69, 9.17) is 0 Å². The molecule has 0 fully saturated rings. The lowest BCUT2D eigenvalue weighted by molar-refractivity contribution is -0.376. The van der Waals surface area contributed by atoms with E-state index >= 15 is 0 Å². The standard InChI is InChI=1S/C17H11N5S/c1-12-21-15(11-23-12)3-2-13-8-19-17(20-9-13)22-7-5-14-4-6-18-10-16(14)22/h4-11H,1H3/p+1. The maximum atomic E-state index is 4.41. The maximum Gasteiger partial charge on any atom is 0.234 e. The van der Waals surface area contributed by atoms with E-state index in [2.05, 4.69) is 31.8 Å². The molecule has 0 aliphatic carbocycles. The highest BCUT2D eigenvalue weighted by atomic mass is 32.1. The summed E-state index contributed by atoms with van der Waals surface area (Å²) in [6.45, 7) is 1.96. The zero-order chi connectivity index (χ0) is 15.6. The van der Waals surface area contributed by atoms with Gasteiger partial charge >= 0.3 is 0 Å². The zero-order valence-electron chi connectivity index (χ0n) is 12.3. The molecule has 4 aromatic rings. The van der Waals surface area contributed by atoms with Crippen molar-refractivity contribution in [2.45, 2.75) is 6.92 Å². The van der Waals surface area contributed by atoms with Crippen molar-refractivity contribution in [3.63, 3.8) is 0 Å². The molecular weight excluding hydrogens is 306 g/mol. The van der Waals surface area contributed by atoms with Crippen molar-refractivity contribution in [1.82, 2.24) is 19.5 Å². The highest BCUT2D eigenvalue weighted by Gasteiger charge is 2.07. The molecule has 0 radical (unpaired) electrons. The quantitative estimate of drug-likeness (QED) is 0.506. The van der Waals surface area contributed by atoms with Crippen molar-refractivity contribution in [2.75, 3.05) is 0 Å². The predicted molar refractivity (Wildman–Crippen MR) is 88.3 cm³/mol. The molecule has 0 unspecified atom stereocenters. The number of nitrogens with zero attached hydrogens (tertiary/aromatic N) is 4. The number of rotatable bonds is 1. The van der Waals surface area contributed by atoms with E-state index in [1.165, 1.54) is 0 Å². The van der Waals surface area contributed by atoms with Gasteiger partial charge in [0.25, 0.3) is 0 Å². The molecule has 0 amide bonds. The number of H-pyrrole nitrogens is 1. The summed E-state index contributed by atoms with van der Waals surface area (Å²) in [5, 5.41) is 4.09. The van der Waals surface area contributed by atoms with Gasteiger partial charge in [0.05, 0.1) is 10.6 Å². The molecular formula is C17H12N5S+. The molecule has 4 rings (SSSR count). The number of aromatic amines is 1. The van der Waals surface area contributed by atoms with Gasteiger partial charge in [-0.15, -0.1) is 11.3 Å². The van der Waals surface area contributed by atoms with Crippen LogP contribution in [0.15, 0.2) is 48.5 Å². The van der Waals surface area contributed by atoms with E-state index < -0.39 is 0 Å². The molecule has 0 atom stereocenters. The van der Waals surface area contributed by atoms with Crippen LogP contribution in [0.4, 0.5) is 0 Å². The summed E-state index contributed by atoms with van der Waals surface area (Å²) < 4.78 is 1.94. The van der Waals surface area contributed by atoms with Crippen molar-refractivity contribution >= 4 is 22.2 Å². The van der Waals surface area contributed by atoms with Crippen LogP contribution in [0.5, 0.6) is 0 Å². The van der Waals surface area contributed by atoms with Gasteiger partial charge < -0.3 is 0 Å². The molecule has 0 saturated carbocycles. The first-order valence-electron chi connectivity index (χ1n) is 7.03. The molecule has 1 N–H and O–H groups in total. The van der Waals surface area contributed by atoms with Gasteiger partial charge in [-0.25, -0.2) is 19.9 Å². The minimum absolute atomic E-state index is 0.620. The van der Waals surface area contributed by atoms with Gasteiger partial charge in [0.1, 0.15) is 11.2 Å². The van der Waals surface area contributed by atoms with Gasteiger partial charge in [-0.1, -0.05) is 5.92 Å². The number of hydrogen-bond donors (Lipinski definition) is 0. The van der Waals surface area contributed by atoms with E-state index in [0.29, 0.717) is 5.95 Å². The van der Waals surface area contributed by atoms with Crippen molar-refractivity contribution in [3.8, 4) is 17.8 Å². The normalized spacial score (nSPS) is 10.5. The summed E-state index contributed by atoms with van der Waals surface area (Å²) in [6.07, 6.45) is 9.24. The number of aryl methyl sites for hydroxylation is 1. The molecule has 5 nitrogen and oxygen atoms in total. The Hall–Kier alpha value is -3.04. The summed E-state index contributed by atoms with van der Waals surface area (Å²) in [4.78, 5) is 16.2. The van der Waals surface area contributed by atoms with Crippen molar-refractivity contribution < 1.29 is 4.98 Å². The molecule has 6 heteroatoms. The number of hydrogen-bond acceptors (Lipinski definition) is 4. The molecule has 4 aromatic heterocycles. The van der Waals surface area contributed by atoms with Crippen LogP contribution in [0, 0.1) is 18.8 Å². The van der Waals surface area contributed by atoms with Crippen LogP contribution in [0.3, 0.4) is 0 Å². The van der Waals surface area contributed by atoms with Gasteiger partial charge in [-0.2, -0.15) is 0 Å². The van der Waals surface area contributed by atoms with Gasteiger partial charge in [0.15, 0.2) is 12.4 Å². The Bertz CT molecular complexity index is 1030. The minimum Gasteiger partial charge on any atom is -0.280 e. The first-order valence-corrected chi connectivity index (χ1v) is 7.91. The summed E-state index contributed by atoms with van der Waals surface area (Å²) >= 11 is 1.59. The highest BCUT2D eigenvalue weighted by molar-refractivity contribution is 7.09. The van der Waals surface area contributed by atoms with Crippen LogP contribution in [0.2, 0.25) is 0 Å². The highest BCUT2D eigenvalue weighted by Crippen LogP contribution is 2.15. The summed E-state index contributed by atoms with van der Waals surface area (Å²) in [5.41, 5.74) is 2.58. The van der Waals surface area contributed by atoms with E-state index in [1.807, 2.05) is 47.6 Å². The van der Waals surface area contributed by atoms with Crippen LogP contribution in [-0.4, -0.2) is 19.5 Å². The fraction of sp³-hybridized carbons (Fsp3) is 0.0588. The monoisotopic (exact) mass is 318 g/mol. The Kier molecular flexibility index (Phi) is 3.33. The average molecular weight is 318 g/mol. The molecule has 23 heavy (non-hydrogen) atoms. The van der Waals surface area contributed by atoms with Gasteiger partial charge in [0.2, 0.25) is 5.95 Å². The fourth-order valence-electron chi connectivity index (χ4n) is 2.26. The molecule has 0 aromatic carbocycles. The van der Waals surface area contributed by atoms with Crippen LogP contribution in [0.1, 0.15) is 16.3 Å². The lowest BCUT2D eigenvalue weighted by atomic mass is 10.3. The fourth-order valence-corrected chi connectivity index (χ4v) is 2.80. The lowest BCUT2D eigenvalue weighted by Gasteiger charge is -2.01. The molecule has 0 spiro atoms. The Labute approximate surface area is 136 Å². The Balaban J connectivity index is 1.65. The van der Waals surface area contributed by atoms with Crippen LogP contribution in [0.25, 0.3) is 16.9 Å². The van der Waals surface area contributed by atoms with Crippen LogP contribution < -0.4 is 4.98 Å². The van der Waals surface area contributed by atoms with E-state index in [9.17, 15) is 0 Å². The van der Waals surface area contributed by atoms with Crippen molar-refractivity contribution in [1.29, 1.82) is 0 Å². The summed E-state index contributed by atoms with van der Waals surface area (Å²) in [6, 6.07) is 4.05. The van der Waals surface area contributed by atoms with Crippen molar-refractivity contribution in [2.24, 2.45) is 0 Å². The Morgan fingerprint density at radius 2 is 2.04 bits per heavy atom. The maximum absolute atomic E-state index is 4.41. The third kappa shape index (κ3) is 2.70. The average Bonchev–Trinajstić information content (AvgIpc) is 3.20. The third-order valence-corrected chi connectivity index (χ3v) is 4.12. The second kappa shape index (κ2) is 5.63. The van der Waals surface area contributed by atoms with Gasteiger partial charge in [-0.3, -0.25) is 4.57 Å². The first kappa shape index (κ1) is 13.6. The Morgan fingerprint density at radius 1 is 1.17 bits per heavy atom. The van der Waals surface area contributed by atoms with Crippen LogP contribution >= 0.6 is 11.3 Å². The summed E-state index contributed by atoms with van der Waals surface area (Å²) in [7, 11) is 0. The van der Waals surface area contributed by atoms with Crippen LogP contribution in [-0.2, 0) is 0 Å². The number of thiazole rings is 1. The molecule has 0 aliphatic rings. The zero-order valence-corrected chi connectivity index (χ0v) is 13.1. The molecule has 0 aliphatic heterocycles. The smallest absolute Gasteiger partial charge is 0.234 e. The number of pyridine rings is 1. The second-order valence-electron chi connectivity index (χ2n) is 4.94. The van der Waals surface area contributed by atoms with Crippen molar-refractivity contribution in [3.05, 3.63) is 64.8 Å². The molecule has 0 saturated heterocycles. The lowest BCUT2D eigenvalue weighted by Crippen LogP contribution is -2.03. The number of nitrogens with one attached hydrogen (secondary N) is 1. The molecule has 110 valence electrons. The first-order chi connectivity index (χ1) is 11.3. The predicted octanol–water partition coefficient (Wildman–Crippen LogP) is 2.40. The van der Waals surface area contributed by atoms with E-state index in [0.717, 1.165) is 27.2 Å². The third-order valence-electron chi connectivity index (χ3n) is 3.35. The number of fused-ring (bicyclic) bond motifs is 1. The summed E-state index contributed by atoms with van der Waals surface area (Å²) in [5.74, 6) is 6.68. The topological polar surface area (TPSA) is 57.7 Å². The SMILES string of the molecule is Cc1nc(C#Cc2cnc(-n3ccc4cc[nH+]cc43)nc2)cs1. The second-order valence-corrected chi connectivity index (χ2v) is 6.01. The minimum atomic E-state index is 0.620. The number of aromatic nitrogens is 5. The molecule has 0 bridgehead atoms. The van der Waals surface area contributed by atoms with Gasteiger partial charge in [0, 0.05) is 35.4 Å². The largest absolute Gasteiger partial charge is 0.280 e.